The van der Waals surface area contributed by atoms with Crippen LogP contribution in [0.5, 0.6) is 11.5 Å². The van der Waals surface area contributed by atoms with Gasteiger partial charge in [0.2, 0.25) is 10.0 Å². The van der Waals surface area contributed by atoms with Crippen LogP contribution in [-0.4, -0.2) is 34.3 Å². The number of ether oxygens (including phenoxy) is 2. The van der Waals surface area contributed by atoms with Gasteiger partial charge >= 0.3 is 0 Å². The van der Waals surface area contributed by atoms with Crippen molar-refractivity contribution in [3.05, 3.63) is 59.3 Å². The maximum Gasteiger partial charge on any atom is 0.240 e. The summed E-state index contributed by atoms with van der Waals surface area (Å²) < 4.78 is 44.9. The van der Waals surface area contributed by atoms with Crippen LogP contribution in [0.4, 0.5) is 0 Å². The number of hydrogen-bond donors (Lipinski definition) is 1. The zero-order valence-electron chi connectivity index (χ0n) is 18.4. The van der Waals surface area contributed by atoms with E-state index < -0.39 is 10.0 Å². The zero-order chi connectivity index (χ0) is 22.6. The highest BCUT2D eigenvalue weighted by Gasteiger charge is 2.22. The second-order valence-electron chi connectivity index (χ2n) is 7.58. The van der Waals surface area contributed by atoms with Crippen LogP contribution in [0.2, 0.25) is 0 Å². The quantitative estimate of drug-likeness (QED) is 0.529. The van der Waals surface area contributed by atoms with Crippen molar-refractivity contribution in [1.29, 1.82) is 0 Å². The maximum atomic E-state index is 13.2. The Morgan fingerprint density at radius 1 is 1.03 bits per heavy atom. The molecule has 1 N–H and O–H groups in total. The van der Waals surface area contributed by atoms with Gasteiger partial charge in [-0.05, 0) is 48.6 Å². The molecule has 0 unspecified atom stereocenters. The monoisotopic (exact) mass is 444 g/mol. The number of rotatable bonds is 9. The molecule has 0 bridgehead atoms. The molecule has 2 aromatic carbocycles. The molecule has 3 rings (SSSR count). The summed E-state index contributed by atoms with van der Waals surface area (Å²) in [6.45, 7) is 6.01. The molecule has 31 heavy (non-hydrogen) atoms. The predicted molar refractivity (Wildman–Crippen MR) is 119 cm³/mol. The molecule has 166 valence electrons. The van der Waals surface area contributed by atoms with Crippen molar-refractivity contribution in [3.63, 3.8) is 0 Å². The van der Waals surface area contributed by atoms with Crippen LogP contribution < -0.4 is 14.2 Å². The van der Waals surface area contributed by atoms with Gasteiger partial charge in [0.1, 0.15) is 0 Å². The lowest BCUT2D eigenvalue weighted by atomic mass is 10.0. The molecule has 7 nitrogen and oxygen atoms in total. The summed E-state index contributed by atoms with van der Waals surface area (Å²) >= 11 is 0. The van der Waals surface area contributed by atoms with Crippen molar-refractivity contribution < 1.29 is 22.4 Å². The van der Waals surface area contributed by atoms with Gasteiger partial charge in [-0.3, -0.25) is 0 Å². The van der Waals surface area contributed by atoms with Crippen LogP contribution in [0.25, 0.3) is 11.3 Å². The second-order valence-corrected chi connectivity index (χ2v) is 9.31. The average molecular weight is 445 g/mol. The summed E-state index contributed by atoms with van der Waals surface area (Å²) in [7, 11) is -0.580. The van der Waals surface area contributed by atoms with E-state index in [1.165, 1.54) is 0 Å². The lowest BCUT2D eigenvalue weighted by Gasteiger charge is -2.15. The molecule has 0 radical (unpaired) electrons. The number of nitrogens with zero attached hydrogens (tertiary/aromatic N) is 1. The largest absolute Gasteiger partial charge is 0.493 e. The summed E-state index contributed by atoms with van der Waals surface area (Å²) in [5.74, 6) is 1.82. The van der Waals surface area contributed by atoms with Crippen molar-refractivity contribution >= 4 is 10.0 Å². The van der Waals surface area contributed by atoms with E-state index in [1.54, 1.807) is 26.4 Å². The molecule has 0 saturated heterocycles. The molecule has 8 heteroatoms. The van der Waals surface area contributed by atoms with Crippen LogP contribution in [-0.2, 0) is 16.4 Å². The molecule has 0 aliphatic carbocycles. The third-order valence-corrected chi connectivity index (χ3v) is 6.51. The third kappa shape index (κ3) is 5.26. The molecule has 1 aromatic heterocycles. The topological polar surface area (TPSA) is 90.7 Å². The number of aromatic nitrogens is 1. The van der Waals surface area contributed by atoms with Gasteiger partial charge in [-0.15, -0.1) is 0 Å². The average Bonchev–Trinajstić information content (AvgIpc) is 3.19. The molecule has 0 atom stereocenters. The maximum absolute atomic E-state index is 13.2. The highest BCUT2D eigenvalue weighted by molar-refractivity contribution is 7.89. The van der Waals surface area contributed by atoms with Crippen LogP contribution in [0, 0.1) is 6.92 Å². The van der Waals surface area contributed by atoms with E-state index in [2.05, 4.69) is 9.88 Å². The van der Waals surface area contributed by atoms with Crippen LogP contribution in [0.3, 0.4) is 0 Å². The first-order valence-corrected chi connectivity index (χ1v) is 11.5. The lowest BCUT2D eigenvalue weighted by Crippen LogP contribution is -2.27. The van der Waals surface area contributed by atoms with Gasteiger partial charge in [0.05, 0.1) is 24.8 Å². The fourth-order valence-corrected chi connectivity index (χ4v) is 4.76. The Bertz CT molecular complexity index is 1150. The molecule has 0 amide bonds. The van der Waals surface area contributed by atoms with E-state index in [0.717, 1.165) is 16.8 Å². The summed E-state index contributed by atoms with van der Waals surface area (Å²) in [4.78, 5) is 0.251. The van der Waals surface area contributed by atoms with Crippen LogP contribution >= 0.6 is 0 Å². The van der Waals surface area contributed by atoms with E-state index in [0.29, 0.717) is 29.2 Å². The van der Waals surface area contributed by atoms with Gasteiger partial charge in [-0.2, -0.15) is 0 Å². The third-order valence-electron chi connectivity index (χ3n) is 4.99. The molecule has 1 heterocycles. The lowest BCUT2D eigenvalue weighted by molar-refractivity contribution is 0.354. The molecule has 3 aromatic rings. The summed E-state index contributed by atoms with van der Waals surface area (Å²) in [6, 6.07) is 12.7. The Morgan fingerprint density at radius 2 is 1.77 bits per heavy atom. The highest BCUT2D eigenvalue weighted by Crippen LogP contribution is 2.30. The number of sulfonamides is 1. The zero-order valence-corrected chi connectivity index (χ0v) is 19.2. The molecule has 0 aliphatic heterocycles. The van der Waals surface area contributed by atoms with Gasteiger partial charge in [0.25, 0.3) is 0 Å². The Hall–Kier alpha value is -2.84. The predicted octanol–water partition coefficient (Wildman–Crippen LogP) is 4.31. The number of methoxy groups -OCH3 is 2. The fourth-order valence-electron chi connectivity index (χ4n) is 3.34. The molecule has 0 aliphatic rings. The summed E-state index contributed by atoms with van der Waals surface area (Å²) in [5.41, 5.74) is 3.10. The fraction of sp³-hybridized carbons (Fsp3) is 0.348. The minimum atomic E-state index is -3.73. The highest BCUT2D eigenvalue weighted by atomic mass is 32.2. The van der Waals surface area contributed by atoms with E-state index in [9.17, 15) is 8.42 Å². The molecule has 0 fully saturated rings. The van der Waals surface area contributed by atoms with Gasteiger partial charge in [0.15, 0.2) is 17.3 Å². The standard InChI is InChI=1S/C23H28N2O5S/c1-15(2)19-8-7-18(21-12-16(3)25-30-21)14-23(19)31(26,27)24-11-10-17-6-9-20(28-4)22(13-17)29-5/h6-9,12-15,24H,10-11H2,1-5H3. The second kappa shape index (κ2) is 9.53. The Balaban J connectivity index is 1.82. The smallest absolute Gasteiger partial charge is 0.240 e. The van der Waals surface area contributed by atoms with E-state index in [4.69, 9.17) is 14.0 Å². The normalized spacial score (nSPS) is 11.7. The van der Waals surface area contributed by atoms with Crippen molar-refractivity contribution in [2.75, 3.05) is 20.8 Å². The molecular formula is C23H28N2O5S. The Labute approximate surface area is 183 Å². The Morgan fingerprint density at radius 3 is 2.39 bits per heavy atom. The molecule has 0 spiro atoms. The van der Waals surface area contributed by atoms with E-state index in [-0.39, 0.29) is 17.4 Å². The van der Waals surface area contributed by atoms with Gasteiger partial charge < -0.3 is 14.0 Å². The first-order chi connectivity index (χ1) is 14.7. The SMILES string of the molecule is COc1ccc(CCNS(=O)(=O)c2cc(-c3cc(C)no3)ccc2C(C)C)cc1OC. The number of hydrogen-bond acceptors (Lipinski definition) is 6. The van der Waals surface area contributed by atoms with Crippen LogP contribution in [0.15, 0.2) is 51.9 Å². The Kier molecular flexibility index (Phi) is 7.02. The van der Waals surface area contributed by atoms with Gasteiger partial charge in [0, 0.05) is 18.2 Å². The number of aryl methyl sites for hydroxylation is 1. The van der Waals surface area contributed by atoms with Crippen molar-refractivity contribution in [2.45, 2.75) is 38.0 Å². The number of benzene rings is 2. The summed E-state index contributed by atoms with van der Waals surface area (Å²) in [6.07, 6.45) is 0.511. The summed E-state index contributed by atoms with van der Waals surface area (Å²) in [5, 5.41) is 3.89. The van der Waals surface area contributed by atoms with Crippen molar-refractivity contribution in [1.82, 2.24) is 9.88 Å². The molecule has 0 saturated carbocycles. The minimum Gasteiger partial charge on any atom is -0.493 e. The first-order valence-electron chi connectivity index (χ1n) is 10.0. The molecular weight excluding hydrogens is 416 g/mol. The van der Waals surface area contributed by atoms with Crippen molar-refractivity contribution in [2.24, 2.45) is 0 Å². The number of nitrogens with one attached hydrogen (secondary N) is 1. The van der Waals surface area contributed by atoms with E-state index >= 15 is 0 Å². The van der Waals surface area contributed by atoms with Gasteiger partial charge in [-0.25, -0.2) is 13.1 Å². The minimum absolute atomic E-state index is 0.0444. The van der Waals surface area contributed by atoms with Crippen LogP contribution in [0.1, 0.15) is 36.6 Å². The van der Waals surface area contributed by atoms with E-state index in [1.807, 2.05) is 51.1 Å². The first kappa shape index (κ1) is 22.8. The van der Waals surface area contributed by atoms with Gasteiger partial charge in [-0.1, -0.05) is 37.2 Å². The van der Waals surface area contributed by atoms with Crippen molar-refractivity contribution in [3.8, 4) is 22.8 Å².